The average molecular weight is 367 g/mol. The molecule has 3 aromatic rings. The van der Waals surface area contributed by atoms with Gasteiger partial charge in [0.1, 0.15) is 11.6 Å². The van der Waals surface area contributed by atoms with Crippen molar-refractivity contribution in [3.05, 3.63) is 65.9 Å². The molecule has 7 heteroatoms. The Balaban J connectivity index is 1.76. The first kappa shape index (κ1) is 18.6. The number of halogens is 1. The molecule has 0 bridgehead atoms. The second-order valence-electron chi connectivity index (χ2n) is 6.06. The van der Waals surface area contributed by atoms with Crippen LogP contribution in [0.25, 0.3) is 5.69 Å². The average Bonchev–Trinajstić information content (AvgIpc) is 3.06. The number of anilines is 2. The minimum Gasteiger partial charge on any atom is -0.357 e. The Morgan fingerprint density at radius 3 is 2.41 bits per heavy atom. The first-order valence-corrected chi connectivity index (χ1v) is 8.86. The Hall–Kier alpha value is -3.22. The predicted octanol–water partition coefficient (Wildman–Crippen LogP) is 3.81. The van der Waals surface area contributed by atoms with Crippen LogP contribution >= 0.6 is 0 Å². The van der Waals surface area contributed by atoms with Gasteiger partial charge in [-0.25, -0.2) is 14.1 Å². The molecule has 0 aliphatic rings. The fraction of sp³-hybridized carbons (Fsp3) is 0.250. The summed E-state index contributed by atoms with van der Waals surface area (Å²) in [6, 6.07) is 9.67. The molecule has 2 aromatic heterocycles. The second-order valence-corrected chi connectivity index (χ2v) is 6.06. The van der Waals surface area contributed by atoms with Crippen molar-refractivity contribution in [1.29, 1.82) is 0 Å². The summed E-state index contributed by atoms with van der Waals surface area (Å²) in [6.07, 6.45) is 3.15. The van der Waals surface area contributed by atoms with Crippen LogP contribution in [0.2, 0.25) is 0 Å². The Labute approximate surface area is 157 Å². The smallest absolute Gasteiger partial charge is 0.259 e. The maximum absolute atomic E-state index is 13.1. The molecule has 0 radical (unpaired) electrons. The van der Waals surface area contributed by atoms with Crippen LogP contribution in [0.15, 0.2) is 48.8 Å². The number of hydrogen-bond acceptors (Lipinski definition) is 4. The molecule has 0 atom stereocenters. The highest BCUT2D eigenvalue weighted by Gasteiger charge is 2.16. The minimum atomic E-state index is -0.317. The molecule has 0 spiro atoms. The summed E-state index contributed by atoms with van der Waals surface area (Å²) in [5.74, 6) is 0.291. The normalized spacial score (nSPS) is 10.7. The first-order valence-electron chi connectivity index (χ1n) is 8.86. The van der Waals surface area contributed by atoms with Gasteiger partial charge in [0.15, 0.2) is 0 Å². The van der Waals surface area contributed by atoms with Gasteiger partial charge in [-0.1, -0.05) is 0 Å². The van der Waals surface area contributed by atoms with Gasteiger partial charge >= 0.3 is 0 Å². The summed E-state index contributed by atoms with van der Waals surface area (Å²) in [4.78, 5) is 19.1. The lowest BCUT2D eigenvalue weighted by Crippen LogP contribution is -2.23. The van der Waals surface area contributed by atoms with Crippen LogP contribution in [0, 0.1) is 12.7 Å². The number of hydrogen-bond donors (Lipinski definition) is 1. The summed E-state index contributed by atoms with van der Waals surface area (Å²) in [5.41, 5.74) is 2.43. The van der Waals surface area contributed by atoms with E-state index in [4.69, 9.17) is 0 Å². The van der Waals surface area contributed by atoms with Crippen molar-refractivity contribution in [1.82, 2.24) is 14.8 Å². The predicted molar refractivity (Wildman–Crippen MR) is 104 cm³/mol. The van der Waals surface area contributed by atoms with Crippen molar-refractivity contribution >= 4 is 17.4 Å². The van der Waals surface area contributed by atoms with Crippen molar-refractivity contribution in [2.45, 2.75) is 20.8 Å². The van der Waals surface area contributed by atoms with Crippen LogP contribution in [0.3, 0.4) is 0 Å². The summed E-state index contributed by atoms with van der Waals surface area (Å²) >= 11 is 0. The van der Waals surface area contributed by atoms with Crippen LogP contribution < -0.4 is 10.2 Å². The fourth-order valence-corrected chi connectivity index (χ4v) is 2.87. The second kappa shape index (κ2) is 7.99. The summed E-state index contributed by atoms with van der Waals surface area (Å²) < 4.78 is 14.7. The van der Waals surface area contributed by atoms with E-state index in [-0.39, 0.29) is 11.7 Å². The van der Waals surface area contributed by atoms with Crippen molar-refractivity contribution in [2.75, 3.05) is 23.3 Å². The third-order valence-electron chi connectivity index (χ3n) is 4.42. The zero-order chi connectivity index (χ0) is 19.4. The first-order chi connectivity index (χ1) is 13.0. The zero-order valence-electron chi connectivity index (χ0n) is 15.6. The number of carbonyl (C=O) groups excluding carboxylic acids is 1. The number of aromatic nitrogens is 3. The topological polar surface area (TPSA) is 63.1 Å². The van der Waals surface area contributed by atoms with E-state index in [2.05, 4.69) is 34.1 Å². The molecule has 1 N–H and O–H groups in total. The molecule has 0 saturated heterocycles. The van der Waals surface area contributed by atoms with Gasteiger partial charge < -0.3 is 10.2 Å². The van der Waals surface area contributed by atoms with Crippen LogP contribution in [-0.4, -0.2) is 33.8 Å². The van der Waals surface area contributed by atoms with E-state index in [1.807, 2.05) is 12.1 Å². The fourth-order valence-electron chi connectivity index (χ4n) is 2.87. The molecule has 3 rings (SSSR count). The van der Waals surface area contributed by atoms with E-state index in [0.717, 1.165) is 18.9 Å². The maximum Gasteiger partial charge on any atom is 0.259 e. The van der Waals surface area contributed by atoms with E-state index in [0.29, 0.717) is 22.6 Å². The van der Waals surface area contributed by atoms with Gasteiger partial charge in [0, 0.05) is 13.1 Å². The molecule has 0 fully saturated rings. The molecule has 0 aliphatic carbocycles. The molecule has 0 unspecified atom stereocenters. The van der Waals surface area contributed by atoms with E-state index in [9.17, 15) is 9.18 Å². The molecular weight excluding hydrogens is 345 g/mol. The Bertz CT molecular complexity index is 915. The van der Waals surface area contributed by atoms with Crippen LogP contribution in [0.4, 0.5) is 15.9 Å². The lowest BCUT2D eigenvalue weighted by molar-refractivity contribution is 0.102. The highest BCUT2D eigenvalue weighted by molar-refractivity contribution is 6.04. The largest absolute Gasteiger partial charge is 0.357 e. The molecule has 1 aromatic carbocycles. The standard InChI is InChI=1S/C20H22FN5O/c1-4-25(5-2)19-11-8-16(12-22-19)24-20(27)18-13-23-26(14(18)3)17-9-6-15(21)7-10-17/h6-13H,4-5H2,1-3H3,(H,24,27). The Morgan fingerprint density at radius 2 is 1.81 bits per heavy atom. The van der Waals surface area contributed by atoms with Crippen molar-refractivity contribution < 1.29 is 9.18 Å². The Kier molecular flexibility index (Phi) is 5.49. The molecule has 6 nitrogen and oxygen atoms in total. The molecular formula is C20H22FN5O. The third kappa shape index (κ3) is 3.97. The van der Waals surface area contributed by atoms with E-state index >= 15 is 0 Å². The van der Waals surface area contributed by atoms with Crippen LogP contribution in [0.5, 0.6) is 0 Å². The molecule has 0 saturated carbocycles. The Morgan fingerprint density at radius 1 is 1.11 bits per heavy atom. The monoisotopic (exact) mass is 367 g/mol. The van der Waals surface area contributed by atoms with Crippen LogP contribution in [0.1, 0.15) is 29.9 Å². The van der Waals surface area contributed by atoms with Gasteiger partial charge in [0.25, 0.3) is 5.91 Å². The molecule has 140 valence electrons. The van der Waals surface area contributed by atoms with Gasteiger partial charge in [0.2, 0.25) is 0 Å². The summed E-state index contributed by atoms with van der Waals surface area (Å²) in [7, 11) is 0. The number of nitrogens with one attached hydrogen (secondary N) is 1. The molecule has 2 heterocycles. The van der Waals surface area contributed by atoms with Gasteiger partial charge in [-0.05, 0) is 57.2 Å². The lowest BCUT2D eigenvalue weighted by atomic mass is 10.2. The highest BCUT2D eigenvalue weighted by atomic mass is 19.1. The van der Waals surface area contributed by atoms with Crippen molar-refractivity contribution in [3.8, 4) is 5.69 Å². The van der Waals surface area contributed by atoms with Crippen LogP contribution in [-0.2, 0) is 0 Å². The number of benzene rings is 1. The number of amides is 1. The maximum atomic E-state index is 13.1. The van der Waals surface area contributed by atoms with Crippen molar-refractivity contribution in [2.24, 2.45) is 0 Å². The number of carbonyl (C=O) groups is 1. The summed E-state index contributed by atoms with van der Waals surface area (Å²) in [5, 5.41) is 7.09. The van der Waals surface area contributed by atoms with E-state index in [1.165, 1.54) is 18.3 Å². The number of nitrogens with zero attached hydrogens (tertiary/aromatic N) is 4. The van der Waals surface area contributed by atoms with Gasteiger partial charge in [-0.3, -0.25) is 4.79 Å². The minimum absolute atomic E-state index is 0.266. The molecule has 1 amide bonds. The van der Waals surface area contributed by atoms with Gasteiger partial charge in [0.05, 0.1) is 35.0 Å². The van der Waals surface area contributed by atoms with E-state index < -0.39 is 0 Å². The number of pyridine rings is 1. The third-order valence-corrected chi connectivity index (χ3v) is 4.42. The number of rotatable bonds is 6. The lowest BCUT2D eigenvalue weighted by Gasteiger charge is -2.19. The van der Waals surface area contributed by atoms with E-state index in [1.54, 1.807) is 29.9 Å². The molecule has 0 aliphatic heterocycles. The summed E-state index contributed by atoms with van der Waals surface area (Å²) in [6.45, 7) is 7.69. The SMILES string of the molecule is CCN(CC)c1ccc(NC(=O)c2cnn(-c3ccc(F)cc3)c2C)cn1. The van der Waals surface area contributed by atoms with Gasteiger partial charge in [-0.2, -0.15) is 5.10 Å². The quantitative estimate of drug-likeness (QED) is 0.720. The van der Waals surface area contributed by atoms with Gasteiger partial charge in [-0.15, -0.1) is 0 Å². The highest BCUT2D eigenvalue weighted by Crippen LogP contribution is 2.18. The zero-order valence-corrected chi connectivity index (χ0v) is 15.6. The van der Waals surface area contributed by atoms with Crippen molar-refractivity contribution in [3.63, 3.8) is 0 Å². The molecule has 27 heavy (non-hydrogen) atoms.